The Balaban J connectivity index is 0.000000136. The van der Waals surface area contributed by atoms with Crippen molar-refractivity contribution in [1.82, 2.24) is 15.0 Å². The molecule has 3 aromatic carbocycles. The highest BCUT2D eigenvalue weighted by Crippen LogP contribution is 2.24. The van der Waals surface area contributed by atoms with E-state index in [1.807, 2.05) is 36.9 Å². The Bertz CT molecular complexity index is 1550. The van der Waals surface area contributed by atoms with Gasteiger partial charge in [-0.1, -0.05) is 90.1 Å². The summed E-state index contributed by atoms with van der Waals surface area (Å²) in [5, 5.41) is 5.00. The Morgan fingerprint density at radius 2 is 1.15 bits per heavy atom. The molecular formula is C36H39N3. The largest absolute Gasteiger partial charge is 0.264 e. The number of hydrogen-bond acceptors (Lipinski definition) is 3. The summed E-state index contributed by atoms with van der Waals surface area (Å²) in [4.78, 5) is 12.7. The lowest BCUT2D eigenvalue weighted by molar-refractivity contribution is 0.868. The van der Waals surface area contributed by atoms with E-state index in [1.54, 1.807) is 0 Å². The van der Waals surface area contributed by atoms with Gasteiger partial charge < -0.3 is 0 Å². The number of aromatic nitrogens is 3. The van der Waals surface area contributed by atoms with Gasteiger partial charge in [0.1, 0.15) is 0 Å². The molecule has 3 nitrogen and oxygen atoms in total. The number of rotatable bonds is 3. The Morgan fingerprint density at radius 1 is 0.487 bits per heavy atom. The highest BCUT2D eigenvalue weighted by Gasteiger charge is 2.04. The first kappa shape index (κ1) is 27.9. The van der Waals surface area contributed by atoms with Crippen molar-refractivity contribution in [3.8, 4) is 0 Å². The minimum absolute atomic E-state index is 0.563. The van der Waals surface area contributed by atoms with E-state index in [0.29, 0.717) is 17.8 Å². The van der Waals surface area contributed by atoms with Gasteiger partial charge >= 0.3 is 0 Å². The van der Waals surface area contributed by atoms with Gasteiger partial charge in [-0.3, -0.25) is 15.0 Å². The summed E-state index contributed by atoms with van der Waals surface area (Å²) in [5.74, 6) is 1.75. The summed E-state index contributed by atoms with van der Waals surface area (Å²) in [6.45, 7) is 13.3. The SMILES string of the molecule is CC(C)c1ccc2cnccc2c1.CC(C)c1ccc2ncccc2c1.CC(C)c1cccc2ncccc12. The smallest absolute Gasteiger partial charge is 0.0704 e. The average Bonchev–Trinajstić information content (AvgIpc) is 2.97. The second kappa shape index (κ2) is 13.1. The molecule has 0 aliphatic heterocycles. The fraction of sp³-hybridized carbons (Fsp3) is 0.250. The van der Waals surface area contributed by atoms with E-state index in [9.17, 15) is 0 Å². The van der Waals surface area contributed by atoms with Crippen LogP contribution in [0.15, 0.2) is 110 Å². The van der Waals surface area contributed by atoms with E-state index in [4.69, 9.17) is 0 Å². The molecule has 0 saturated carbocycles. The van der Waals surface area contributed by atoms with Gasteiger partial charge in [0.05, 0.1) is 11.0 Å². The molecule has 0 amide bonds. The van der Waals surface area contributed by atoms with Crippen LogP contribution in [0.3, 0.4) is 0 Å². The minimum atomic E-state index is 0.563. The fourth-order valence-electron chi connectivity index (χ4n) is 4.54. The molecule has 0 spiro atoms. The molecule has 39 heavy (non-hydrogen) atoms. The molecule has 198 valence electrons. The standard InChI is InChI=1S/3C12H13N/c1-9(2)10-5-3-7-12-11(10)6-4-8-13-12;1-9(2)10-3-4-12-8-13-6-5-11(12)7-10;1-9(2)10-5-6-12-11(8-10)4-3-7-13-12/h3*3-9H,1-2H3. The van der Waals surface area contributed by atoms with Crippen LogP contribution in [0, 0.1) is 0 Å². The Kier molecular flexibility index (Phi) is 9.38. The van der Waals surface area contributed by atoms with Crippen LogP contribution in [0.25, 0.3) is 32.6 Å². The maximum absolute atomic E-state index is 4.32. The molecule has 0 saturated heterocycles. The van der Waals surface area contributed by atoms with Gasteiger partial charge in [0.25, 0.3) is 0 Å². The molecule has 0 aliphatic carbocycles. The molecule has 0 N–H and O–H groups in total. The van der Waals surface area contributed by atoms with Crippen LogP contribution in [0.2, 0.25) is 0 Å². The summed E-state index contributed by atoms with van der Waals surface area (Å²) >= 11 is 0. The van der Waals surface area contributed by atoms with Gasteiger partial charge in [-0.05, 0) is 76.2 Å². The molecule has 3 aromatic heterocycles. The Labute approximate surface area is 233 Å². The van der Waals surface area contributed by atoms with Gasteiger partial charge in [-0.25, -0.2) is 0 Å². The first-order chi connectivity index (χ1) is 18.8. The molecule has 6 aromatic rings. The molecule has 0 radical (unpaired) electrons. The van der Waals surface area contributed by atoms with Crippen LogP contribution >= 0.6 is 0 Å². The van der Waals surface area contributed by atoms with Crippen LogP contribution in [0.4, 0.5) is 0 Å². The number of benzene rings is 3. The van der Waals surface area contributed by atoms with E-state index < -0.39 is 0 Å². The number of fused-ring (bicyclic) bond motifs is 3. The zero-order valence-electron chi connectivity index (χ0n) is 24.0. The molecule has 6 rings (SSSR count). The summed E-state index contributed by atoms with van der Waals surface area (Å²) in [6, 6.07) is 29.6. The van der Waals surface area contributed by atoms with E-state index in [0.717, 1.165) is 11.0 Å². The van der Waals surface area contributed by atoms with Crippen molar-refractivity contribution < 1.29 is 0 Å². The van der Waals surface area contributed by atoms with Crippen molar-refractivity contribution in [3.63, 3.8) is 0 Å². The van der Waals surface area contributed by atoms with Crippen LogP contribution < -0.4 is 0 Å². The topological polar surface area (TPSA) is 38.7 Å². The third kappa shape index (κ3) is 7.26. The molecular weight excluding hydrogens is 474 g/mol. The van der Waals surface area contributed by atoms with Gasteiger partial charge in [-0.15, -0.1) is 0 Å². The maximum Gasteiger partial charge on any atom is 0.0704 e. The number of pyridine rings is 3. The first-order valence-corrected chi connectivity index (χ1v) is 13.9. The second-order valence-electron chi connectivity index (χ2n) is 10.8. The summed E-state index contributed by atoms with van der Waals surface area (Å²) in [7, 11) is 0. The molecule has 0 unspecified atom stereocenters. The Morgan fingerprint density at radius 3 is 1.87 bits per heavy atom. The van der Waals surface area contributed by atoms with Gasteiger partial charge in [-0.2, -0.15) is 0 Å². The van der Waals surface area contributed by atoms with E-state index >= 15 is 0 Å². The van der Waals surface area contributed by atoms with Gasteiger partial charge in [0.15, 0.2) is 0 Å². The van der Waals surface area contributed by atoms with Crippen LogP contribution in [-0.2, 0) is 0 Å². The van der Waals surface area contributed by atoms with Crippen molar-refractivity contribution in [2.45, 2.75) is 59.3 Å². The lowest BCUT2D eigenvalue weighted by Gasteiger charge is -2.08. The molecule has 0 atom stereocenters. The number of hydrogen-bond donors (Lipinski definition) is 0. The van der Waals surface area contributed by atoms with E-state index in [-0.39, 0.29) is 0 Å². The van der Waals surface area contributed by atoms with Crippen LogP contribution in [0.5, 0.6) is 0 Å². The average molecular weight is 514 g/mol. The molecule has 0 bridgehead atoms. The maximum atomic E-state index is 4.32. The highest BCUT2D eigenvalue weighted by molar-refractivity contribution is 5.83. The third-order valence-corrected chi connectivity index (χ3v) is 6.93. The number of nitrogens with zero attached hydrogens (tertiary/aromatic N) is 3. The lowest BCUT2D eigenvalue weighted by Crippen LogP contribution is -1.89. The van der Waals surface area contributed by atoms with Crippen molar-refractivity contribution in [1.29, 1.82) is 0 Å². The van der Waals surface area contributed by atoms with Crippen molar-refractivity contribution in [2.24, 2.45) is 0 Å². The van der Waals surface area contributed by atoms with Crippen LogP contribution in [0.1, 0.15) is 76.0 Å². The summed E-state index contributed by atoms with van der Waals surface area (Å²) in [5.41, 5.74) is 6.31. The quantitative estimate of drug-likeness (QED) is 0.236. The van der Waals surface area contributed by atoms with E-state index in [1.165, 1.54) is 38.2 Å². The van der Waals surface area contributed by atoms with Crippen molar-refractivity contribution in [3.05, 3.63) is 126 Å². The van der Waals surface area contributed by atoms with Gasteiger partial charge in [0, 0.05) is 40.9 Å². The predicted molar refractivity (Wildman–Crippen MR) is 167 cm³/mol. The zero-order valence-corrected chi connectivity index (χ0v) is 24.0. The fourth-order valence-corrected chi connectivity index (χ4v) is 4.54. The predicted octanol–water partition coefficient (Wildman–Crippen LogP) is 10.1. The monoisotopic (exact) mass is 513 g/mol. The minimum Gasteiger partial charge on any atom is -0.264 e. The molecule has 0 fully saturated rings. The third-order valence-electron chi connectivity index (χ3n) is 6.93. The lowest BCUT2D eigenvalue weighted by atomic mass is 9.98. The van der Waals surface area contributed by atoms with E-state index in [2.05, 4.69) is 129 Å². The van der Waals surface area contributed by atoms with Gasteiger partial charge in [0.2, 0.25) is 0 Å². The normalized spacial score (nSPS) is 11.0. The summed E-state index contributed by atoms with van der Waals surface area (Å²) < 4.78 is 0. The molecule has 3 heterocycles. The molecule has 0 aliphatic rings. The first-order valence-electron chi connectivity index (χ1n) is 13.9. The highest BCUT2D eigenvalue weighted by atomic mass is 14.6. The molecule has 3 heteroatoms. The second-order valence-corrected chi connectivity index (χ2v) is 10.8. The summed E-state index contributed by atoms with van der Waals surface area (Å²) in [6.07, 6.45) is 7.41. The van der Waals surface area contributed by atoms with Crippen molar-refractivity contribution in [2.75, 3.05) is 0 Å². The zero-order chi connectivity index (χ0) is 27.8. The van der Waals surface area contributed by atoms with Crippen LogP contribution in [-0.4, -0.2) is 15.0 Å². The Hall–Kier alpha value is -4.11. The van der Waals surface area contributed by atoms with Crippen molar-refractivity contribution >= 4 is 32.6 Å².